The number of sulfonamides is 1. The number of rotatable bonds is 5. The predicted molar refractivity (Wildman–Crippen MR) is 108 cm³/mol. The lowest BCUT2D eigenvalue weighted by Gasteiger charge is -2.19. The molecule has 3 fully saturated rings. The van der Waals surface area contributed by atoms with Gasteiger partial charge in [0.1, 0.15) is 0 Å². The van der Waals surface area contributed by atoms with Gasteiger partial charge >= 0.3 is 0 Å². The van der Waals surface area contributed by atoms with E-state index >= 15 is 0 Å². The fourth-order valence-electron chi connectivity index (χ4n) is 4.52. The molecule has 156 valence electrons. The van der Waals surface area contributed by atoms with Crippen molar-refractivity contribution in [2.75, 3.05) is 26.2 Å². The van der Waals surface area contributed by atoms with Crippen molar-refractivity contribution in [2.24, 2.45) is 17.6 Å². The maximum Gasteiger partial charge on any atom is 0.253 e. The minimum absolute atomic E-state index is 0. The van der Waals surface area contributed by atoms with Gasteiger partial charge in [-0.05, 0) is 61.8 Å². The van der Waals surface area contributed by atoms with Crippen LogP contribution in [-0.2, 0) is 14.8 Å². The summed E-state index contributed by atoms with van der Waals surface area (Å²) in [5, 5.41) is 0. The number of carbonyl (C=O) groups is 1. The molecular formula is C19H28ClN3O4S. The smallest absolute Gasteiger partial charge is 0.253 e. The Morgan fingerprint density at radius 1 is 1.18 bits per heavy atom. The summed E-state index contributed by atoms with van der Waals surface area (Å²) in [6.07, 6.45) is 3.91. The lowest BCUT2D eigenvalue weighted by atomic mass is 9.98. The number of fused-ring (bicyclic) bond motifs is 1. The molecular weight excluding hydrogens is 402 g/mol. The highest BCUT2D eigenvalue weighted by atomic mass is 35.5. The first-order valence-corrected chi connectivity index (χ1v) is 11.2. The first-order valence-electron chi connectivity index (χ1n) is 9.70. The molecule has 0 bridgehead atoms. The summed E-state index contributed by atoms with van der Waals surface area (Å²) in [5.41, 5.74) is 6.66. The normalized spacial score (nSPS) is 29.5. The molecule has 3 aliphatic rings. The zero-order chi connectivity index (χ0) is 19.0. The Hall–Kier alpha value is -1.19. The van der Waals surface area contributed by atoms with Crippen LogP contribution in [0.3, 0.4) is 0 Å². The Morgan fingerprint density at radius 2 is 1.93 bits per heavy atom. The highest BCUT2D eigenvalue weighted by molar-refractivity contribution is 7.89. The van der Waals surface area contributed by atoms with Crippen LogP contribution in [0.2, 0.25) is 0 Å². The second kappa shape index (κ2) is 8.67. The van der Waals surface area contributed by atoms with Crippen LogP contribution in [0.5, 0.6) is 0 Å². The number of hydrogen-bond acceptors (Lipinski definition) is 5. The minimum atomic E-state index is -3.60. The van der Waals surface area contributed by atoms with Gasteiger partial charge in [0.05, 0.1) is 11.0 Å². The topological polar surface area (TPSA) is 102 Å². The number of halogens is 1. The predicted octanol–water partition coefficient (Wildman–Crippen LogP) is 1.37. The highest BCUT2D eigenvalue weighted by Crippen LogP contribution is 2.37. The lowest BCUT2D eigenvalue weighted by Crippen LogP contribution is -2.33. The second-order valence-corrected chi connectivity index (χ2v) is 9.65. The summed E-state index contributed by atoms with van der Waals surface area (Å²) in [6, 6.07) is 6.37. The number of nitrogens with one attached hydrogen (secondary N) is 1. The number of nitrogens with two attached hydrogens (primary N) is 1. The first kappa shape index (κ1) is 21.5. The highest BCUT2D eigenvalue weighted by Gasteiger charge is 2.42. The van der Waals surface area contributed by atoms with Crippen LogP contribution in [0.1, 0.15) is 36.0 Å². The van der Waals surface area contributed by atoms with Crippen LogP contribution in [0.15, 0.2) is 29.2 Å². The van der Waals surface area contributed by atoms with E-state index in [0.717, 1.165) is 32.2 Å². The Morgan fingerprint density at radius 3 is 2.57 bits per heavy atom. The molecule has 4 atom stereocenters. The van der Waals surface area contributed by atoms with E-state index in [-0.39, 0.29) is 41.9 Å². The SMILES string of the molecule is Cl.NC1CCC2CN(C(=O)c3ccc(S(=O)(=O)NCC4CCCO4)cc3)CC12. The zero-order valence-corrected chi connectivity index (χ0v) is 17.4. The van der Waals surface area contributed by atoms with Gasteiger partial charge in [-0.3, -0.25) is 4.79 Å². The molecule has 7 nitrogen and oxygen atoms in total. The van der Waals surface area contributed by atoms with Crippen LogP contribution in [0.25, 0.3) is 0 Å². The maximum atomic E-state index is 12.7. The third-order valence-corrected chi connectivity index (χ3v) is 7.58. The monoisotopic (exact) mass is 429 g/mol. The van der Waals surface area contributed by atoms with Crippen molar-refractivity contribution in [1.82, 2.24) is 9.62 Å². The van der Waals surface area contributed by atoms with Gasteiger partial charge in [0.25, 0.3) is 5.91 Å². The molecule has 0 radical (unpaired) electrons. The fourth-order valence-corrected chi connectivity index (χ4v) is 5.59. The van der Waals surface area contributed by atoms with Crippen molar-refractivity contribution in [3.8, 4) is 0 Å². The summed E-state index contributed by atoms with van der Waals surface area (Å²) >= 11 is 0. The van der Waals surface area contributed by atoms with E-state index in [4.69, 9.17) is 10.5 Å². The summed E-state index contributed by atoms with van der Waals surface area (Å²) in [4.78, 5) is 14.8. The molecule has 3 N–H and O–H groups in total. The van der Waals surface area contributed by atoms with Gasteiger partial charge in [0.15, 0.2) is 0 Å². The van der Waals surface area contributed by atoms with Crippen molar-refractivity contribution in [2.45, 2.75) is 42.7 Å². The molecule has 9 heteroatoms. The molecule has 0 spiro atoms. The molecule has 1 aromatic rings. The quantitative estimate of drug-likeness (QED) is 0.736. The van der Waals surface area contributed by atoms with Crippen LogP contribution in [0, 0.1) is 11.8 Å². The average molecular weight is 430 g/mol. The van der Waals surface area contributed by atoms with Crippen molar-refractivity contribution < 1.29 is 17.9 Å². The van der Waals surface area contributed by atoms with Crippen molar-refractivity contribution in [1.29, 1.82) is 0 Å². The average Bonchev–Trinajstić information content (AvgIpc) is 3.39. The number of ether oxygens (including phenoxy) is 1. The van der Waals surface area contributed by atoms with Crippen LogP contribution >= 0.6 is 12.4 Å². The number of amides is 1. The second-order valence-electron chi connectivity index (χ2n) is 7.89. The minimum Gasteiger partial charge on any atom is -0.377 e. The molecule has 2 heterocycles. The van der Waals surface area contributed by atoms with Crippen LogP contribution in [-0.4, -0.2) is 57.6 Å². The first-order chi connectivity index (χ1) is 12.9. The molecule has 2 aliphatic heterocycles. The summed E-state index contributed by atoms with van der Waals surface area (Å²) in [7, 11) is -3.60. The standard InChI is InChI=1S/C19H27N3O4S.ClH/c20-18-8-5-14-11-22(12-17(14)18)19(23)13-3-6-16(7-4-13)27(24,25)21-10-15-2-1-9-26-15;/h3-4,6-7,14-15,17-18,21H,1-2,5,8-12,20H2;1H. The summed E-state index contributed by atoms with van der Waals surface area (Å²) < 4.78 is 32.9. The van der Waals surface area contributed by atoms with Crippen molar-refractivity contribution >= 4 is 28.3 Å². The Balaban J connectivity index is 0.00000225. The van der Waals surface area contributed by atoms with Gasteiger partial charge in [-0.1, -0.05) is 0 Å². The number of nitrogens with zero attached hydrogens (tertiary/aromatic N) is 1. The Bertz CT molecular complexity index is 796. The zero-order valence-electron chi connectivity index (χ0n) is 15.7. The Kier molecular flexibility index (Phi) is 6.66. The van der Waals surface area contributed by atoms with Gasteiger partial charge in [-0.2, -0.15) is 0 Å². The number of hydrogen-bond donors (Lipinski definition) is 2. The molecule has 2 saturated heterocycles. The molecule has 1 aliphatic carbocycles. The molecule has 4 rings (SSSR count). The number of likely N-dealkylation sites (tertiary alicyclic amines) is 1. The molecule has 28 heavy (non-hydrogen) atoms. The van der Waals surface area contributed by atoms with Gasteiger partial charge in [0, 0.05) is 37.8 Å². The van der Waals surface area contributed by atoms with Crippen molar-refractivity contribution in [3.05, 3.63) is 29.8 Å². The van der Waals surface area contributed by atoms with Gasteiger partial charge in [-0.25, -0.2) is 13.1 Å². The van der Waals surface area contributed by atoms with E-state index in [1.165, 1.54) is 12.1 Å². The molecule has 1 aromatic carbocycles. The van der Waals surface area contributed by atoms with Gasteiger partial charge in [-0.15, -0.1) is 12.4 Å². The van der Waals surface area contributed by atoms with E-state index in [1.54, 1.807) is 12.1 Å². The van der Waals surface area contributed by atoms with E-state index < -0.39 is 10.0 Å². The van der Waals surface area contributed by atoms with E-state index in [9.17, 15) is 13.2 Å². The summed E-state index contributed by atoms with van der Waals surface area (Å²) in [5.74, 6) is 0.856. The van der Waals surface area contributed by atoms with E-state index in [2.05, 4.69) is 4.72 Å². The third-order valence-electron chi connectivity index (χ3n) is 6.14. The maximum absolute atomic E-state index is 12.7. The molecule has 1 amide bonds. The number of benzene rings is 1. The van der Waals surface area contributed by atoms with Crippen LogP contribution in [0.4, 0.5) is 0 Å². The third kappa shape index (κ3) is 4.36. The summed E-state index contributed by atoms with van der Waals surface area (Å²) in [6.45, 7) is 2.42. The van der Waals surface area contributed by atoms with E-state index in [0.29, 0.717) is 30.6 Å². The van der Waals surface area contributed by atoms with Crippen molar-refractivity contribution in [3.63, 3.8) is 0 Å². The van der Waals surface area contributed by atoms with E-state index in [1.807, 2.05) is 4.90 Å². The van der Waals surface area contributed by atoms with Gasteiger partial charge < -0.3 is 15.4 Å². The molecule has 1 saturated carbocycles. The lowest BCUT2D eigenvalue weighted by molar-refractivity contribution is 0.0779. The largest absolute Gasteiger partial charge is 0.377 e. The fraction of sp³-hybridized carbons (Fsp3) is 0.632. The number of carbonyl (C=O) groups excluding carboxylic acids is 1. The van der Waals surface area contributed by atoms with Gasteiger partial charge in [0.2, 0.25) is 10.0 Å². The Labute approximate surface area is 172 Å². The van der Waals surface area contributed by atoms with Crippen LogP contribution < -0.4 is 10.5 Å². The molecule has 4 unspecified atom stereocenters. The molecule has 0 aromatic heterocycles.